The van der Waals surface area contributed by atoms with Crippen LogP contribution in [0, 0.1) is 5.82 Å². The summed E-state index contributed by atoms with van der Waals surface area (Å²) in [6, 6.07) is 18.6. The van der Waals surface area contributed by atoms with Crippen molar-refractivity contribution in [1.82, 2.24) is 9.97 Å². The van der Waals surface area contributed by atoms with Gasteiger partial charge in [-0.1, -0.05) is 30.3 Å². The van der Waals surface area contributed by atoms with Crippen LogP contribution >= 0.6 is 0 Å². The van der Waals surface area contributed by atoms with Gasteiger partial charge < -0.3 is 0 Å². The minimum absolute atomic E-state index is 0.262. The molecular formula is C20H13FN2. The van der Waals surface area contributed by atoms with Crippen LogP contribution in [0.25, 0.3) is 33.2 Å². The van der Waals surface area contributed by atoms with Crippen molar-refractivity contribution in [1.29, 1.82) is 0 Å². The van der Waals surface area contributed by atoms with E-state index in [0.717, 1.165) is 33.2 Å². The monoisotopic (exact) mass is 300 g/mol. The number of fused-ring (bicyclic) bond motifs is 1. The van der Waals surface area contributed by atoms with Crippen molar-refractivity contribution in [3.8, 4) is 22.4 Å². The average Bonchev–Trinajstić information content (AvgIpc) is 2.61. The molecule has 0 amide bonds. The van der Waals surface area contributed by atoms with E-state index in [9.17, 15) is 4.39 Å². The van der Waals surface area contributed by atoms with Gasteiger partial charge in [0.2, 0.25) is 0 Å². The van der Waals surface area contributed by atoms with E-state index >= 15 is 0 Å². The van der Waals surface area contributed by atoms with E-state index in [-0.39, 0.29) is 5.82 Å². The van der Waals surface area contributed by atoms with E-state index in [4.69, 9.17) is 0 Å². The third-order valence-electron chi connectivity index (χ3n) is 3.86. The van der Waals surface area contributed by atoms with Crippen LogP contribution in [0.4, 0.5) is 4.39 Å². The average molecular weight is 300 g/mol. The largest absolute Gasteiger partial charge is 0.264 e. The number of aromatic nitrogens is 2. The molecule has 0 atom stereocenters. The summed E-state index contributed by atoms with van der Waals surface area (Å²) in [4.78, 5) is 8.64. The molecule has 2 aromatic heterocycles. The molecule has 0 aliphatic rings. The van der Waals surface area contributed by atoms with Crippen LogP contribution in [0.5, 0.6) is 0 Å². The van der Waals surface area contributed by atoms with E-state index in [2.05, 4.69) is 28.2 Å². The fourth-order valence-electron chi connectivity index (χ4n) is 2.76. The molecule has 2 heterocycles. The molecule has 0 aliphatic carbocycles. The summed E-state index contributed by atoms with van der Waals surface area (Å²) < 4.78 is 13.6. The van der Waals surface area contributed by atoms with Gasteiger partial charge in [-0.25, -0.2) is 4.39 Å². The fraction of sp³-hybridized carbons (Fsp3) is 0. The number of pyridine rings is 2. The Labute approximate surface area is 133 Å². The molecule has 4 rings (SSSR count). The standard InChI is InChI=1S/C20H13FN2/c21-18-4-1-3-16(12-18)20-19(5-2-9-23-20)15-7-6-14-8-10-22-13-17(14)11-15/h1-13H. The molecule has 4 aromatic rings. The summed E-state index contributed by atoms with van der Waals surface area (Å²) in [7, 11) is 0. The maximum Gasteiger partial charge on any atom is 0.123 e. The van der Waals surface area contributed by atoms with Crippen LogP contribution in [0.3, 0.4) is 0 Å². The Morgan fingerprint density at radius 3 is 2.61 bits per heavy atom. The Morgan fingerprint density at radius 1 is 0.739 bits per heavy atom. The lowest BCUT2D eigenvalue weighted by Crippen LogP contribution is -1.90. The van der Waals surface area contributed by atoms with Crippen molar-refractivity contribution < 1.29 is 4.39 Å². The molecule has 0 fully saturated rings. The molecule has 0 saturated heterocycles. The lowest BCUT2D eigenvalue weighted by atomic mass is 9.97. The van der Waals surface area contributed by atoms with Gasteiger partial charge in [0.15, 0.2) is 0 Å². The van der Waals surface area contributed by atoms with Gasteiger partial charge in [0, 0.05) is 35.1 Å². The van der Waals surface area contributed by atoms with Crippen molar-refractivity contribution >= 4 is 10.8 Å². The second-order valence-corrected chi connectivity index (χ2v) is 5.35. The predicted molar refractivity (Wildman–Crippen MR) is 90.4 cm³/mol. The van der Waals surface area contributed by atoms with Gasteiger partial charge in [-0.3, -0.25) is 9.97 Å². The molecule has 0 radical (unpaired) electrons. The van der Waals surface area contributed by atoms with Gasteiger partial charge in [0.25, 0.3) is 0 Å². The third kappa shape index (κ3) is 2.57. The van der Waals surface area contributed by atoms with E-state index in [1.54, 1.807) is 18.5 Å². The van der Waals surface area contributed by atoms with Crippen LogP contribution in [0.1, 0.15) is 0 Å². The zero-order chi connectivity index (χ0) is 15.6. The first-order chi connectivity index (χ1) is 11.3. The summed E-state index contributed by atoms with van der Waals surface area (Å²) >= 11 is 0. The minimum atomic E-state index is -0.262. The molecule has 110 valence electrons. The Balaban J connectivity index is 1.91. The topological polar surface area (TPSA) is 25.8 Å². The van der Waals surface area contributed by atoms with Crippen molar-refractivity contribution in [3.05, 3.63) is 85.1 Å². The Hall–Kier alpha value is -3.07. The van der Waals surface area contributed by atoms with E-state index in [0.29, 0.717) is 0 Å². The zero-order valence-electron chi connectivity index (χ0n) is 12.3. The van der Waals surface area contributed by atoms with Crippen molar-refractivity contribution in [2.24, 2.45) is 0 Å². The highest BCUT2D eigenvalue weighted by Gasteiger charge is 2.09. The number of hydrogen-bond donors (Lipinski definition) is 0. The quantitative estimate of drug-likeness (QED) is 0.514. The SMILES string of the molecule is Fc1cccc(-c2ncccc2-c2ccc3ccncc3c2)c1. The van der Waals surface area contributed by atoms with Gasteiger partial charge in [-0.2, -0.15) is 0 Å². The van der Waals surface area contributed by atoms with E-state index < -0.39 is 0 Å². The zero-order valence-corrected chi connectivity index (χ0v) is 12.3. The van der Waals surface area contributed by atoms with Crippen molar-refractivity contribution in [3.63, 3.8) is 0 Å². The number of rotatable bonds is 2. The Kier molecular flexibility index (Phi) is 3.31. The first-order valence-corrected chi connectivity index (χ1v) is 7.36. The number of hydrogen-bond acceptors (Lipinski definition) is 2. The maximum absolute atomic E-state index is 13.6. The summed E-state index contributed by atoms with van der Waals surface area (Å²) in [5.74, 6) is -0.262. The summed E-state index contributed by atoms with van der Waals surface area (Å²) in [5, 5.41) is 2.21. The first kappa shape index (κ1) is 13.6. The molecular weight excluding hydrogens is 287 g/mol. The molecule has 0 unspecified atom stereocenters. The number of benzene rings is 2. The van der Waals surface area contributed by atoms with Crippen LogP contribution in [-0.4, -0.2) is 9.97 Å². The van der Waals surface area contributed by atoms with Crippen molar-refractivity contribution in [2.75, 3.05) is 0 Å². The van der Waals surface area contributed by atoms with E-state index in [1.165, 1.54) is 12.1 Å². The van der Waals surface area contributed by atoms with Crippen LogP contribution in [0.15, 0.2) is 79.3 Å². The fourth-order valence-corrected chi connectivity index (χ4v) is 2.76. The second-order valence-electron chi connectivity index (χ2n) is 5.35. The first-order valence-electron chi connectivity index (χ1n) is 7.36. The Morgan fingerprint density at radius 2 is 1.70 bits per heavy atom. The molecule has 0 N–H and O–H groups in total. The van der Waals surface area contributed by atoms with Gasteiger partial charge in [-0.15, -0.1) is 0 Å². The molecule has 2 aromatic carbocycles. The highest BCUT2D eigenvalue weighted by Crippen LogP contribution is 2.32. The summed E-state index contributed by atoms with van der Waals surface area (Å²) in [5.41, 5.74) is 3.56. The predicted octanol–water partition coefficient (Wildman–Crippen LogP) is 5.10. The van der Waals surface area contributed by atoms with Gasteiger partial charge in [0.1, 0.15) is 5.82 Å². The maximum atomic E-state index is 13.6. The van der Waals surface area contributed by atoms with Crippen LogP contribution in [0.2, 0.25) is 0 Å². The third-order valence-corrected chi connectivity index (χ3v) is 3.86. The van der Waals surface area contributed by atoms with Gasteiger partial charge >= 0.3 is 0 Å². The molecule has 3 heteroatoms. The van der Waals surface area contributed by atoms with Gasteiger partial charge in [-0.05, 0) is 41.3 Å². The molecule has 2 nitrogen and oxygen atoms in total. The lowest BCUT2D eigenvalue weighted by Gasteiger charge is -2.10. The highest BCUT2D eigenvalue weighted by molar-refractivity contribution is 5.89. The number of halogens is 1. The minimum Gasteiger partial charge on any atom is -0.264 e. The van der Waals surface area contributed by atoms with Crippen molar-refractivity contribution in [2.45, 2.75) is 0 Å². The van der Waals surface area contributed by atoms with Gasteiger partial charge in [0.05, 0.1) is 5.69 Å². The van der Waals surface area contributed by atoms with E-state index in [1.807, 2.05) is 30.5 Å². The molecule has 0 saturated carbocycles. The second kappa shape index (κ2) is 5.61. The molecule has 23 heavy (non-hydrogen) atoms. The smallest absolute Gasteiger partial charge is 0.123 e. The lowest BCUT2D eigenvalue weighted by molar-refractivity contribution is 0.628. The Bertz CT molecular complexity index is 995. The molecule has 0 spiro atoms. The molecule has 0 aliphatic heterocycles. The molecule has 0 bridgehead atoms. The summed E-state index contributed by atoms with van der Waals surface area (Å²) in [6.07, 6.45) is 5.35. The summed E-state index contributed by atoms with van der Waals surface area (Å²) in [6.45, 7) is 0. The number of nitrogens with zero attached hydrogens (tertiary/aromatic N) is 2. The van der Waals surface area contributed by atoms with Crippen LogP contribution < -0.4 is 0 Å². The van der Waals surface area contributed by atoms with Crippen LogP contribution in [-0.2, 0) is 0 Å². The highest BCUT2D eigenvalue weighted by atomic mass is 19.1. The normalized spacial score (nSPS) is 10.8.